The van der Waals surface area contributed by atoms with Gasteiger partial charge in [-0.25, -0.2) is 9.07 Å². The number of hydrogen-bond donors (Lipinski definition) is 1. The Morgan fingerprint density at radius 2 is 1.96 bits per heavy atom. The quantitative estimate of drug-likeness (QED) is 0.766. The molecule has 138 valence electrons. The summed E-state index contributed by atoms with van der Waals surface area (Å²) in [7, 11) is 3.15. The van der Waals surface area contributed by atoms with Gasteiger partial charge in [-0.15, -0.1) is 0 Å². The molecule has 3 aromatic rings. The van der Waals surface area contributed by atoms with Crippen LogP contribution in [0.1, 0.15) is 23.5 Å². The van der Waals surface area contributed by atoms with Gasteiger partial charge in [0.2, 0.25) is 5.91 Å². The molecule has 0 aliphatic carbocycles. The Labute approximate surface area is 155 Å². The van der Waals surface area contributed by atoms with Crippen molar-refractivity contribution < 1.29 is 18.7 Å². The normalized spacial score (nSPS) is 15.8. The van der Waals surface area contributed by atoms with Crippen LogP contribution in [0.3, 0.4) is 0 Å². The standard InChI is InChI=1S/C20H18FN3O3/c1-26-17-7-6-12(8-18(17)27-2)15-10-19(25)23-20-16(15)11-22-24(20)14-5-3-4-13(21)9-14/h3-9,11,15H,10H2,1-2H3,(H,23,25). The number of ether oxygens (including phenoxy) is 2. The highest BCUT2D eigenvalue weighted by molar-refractivity contribution is 5.94. The van der Waals surface area contributed by atoms with Gasteiger partial charge >= 0.3 is 0 Å². The van der Waals surface area contributed by atoms with E-state index in [9.17, 15) is 9.18 Å². The van der Waals surface area contributed by atoms with Crippen LogP contribution >= 0.6 is 0 Å². The molecule has 2 heterocycles. The SMILES string of the molecule is COc1ccc(C2CC(=O)Nc3c2cnn3-c2cccc(F)c2)cc1OC. The molecule has 4 rings (SSSR count). The summed E-state index contributed by atoms with van der Waals surface area (Å²) in [6, 6.07) is 11.7. The zero-order chi connectivity index (χ0) is 19.0. The molecule has 6 nitrogen and oxygen atoms in total. The van der Waals surface area contributed by atoms with E-state index in [0.717, 1.165) is 11.1 Å². The first kappa shape index (κ1) is 17.1. The lowest BCUT2D eigenvalue weighted by molar-refractivity contribution is -0.116. The molecule has 1 aliphatic heterocycles. The van der Waals surface area contributed by atoms with Gasteiger partial charge in [-0.2, -0.15) is 5.10 Å². The fraction of sp³-hybridized carbons (Fsp3) is 0.200. The number of benzene rings is 2. The first-order valence-electron chi connectivity index (χ1n) is 8.46. The summed E-state index contributed by atoms with van der Waals surface area (Å²) in [6.45, 7) is 0. The van der Waals surface area contributed by atoms with Gasteiger partial charge in [-0.05, 0) is 35.9 Å². The number of carbonyl (C=O) groups is 1. The Bertz CT molecular complexity index is 1020. The van der Waals surface area contributed by atoms with E-state index in [1.54, 1.807) is 37.2 Å². The lowest BCUT2D eigenvalue weighted by Crippen LogP contribution is -2.24. The minimum absolute atomic E-state index is 0.125. The monoisotopic (exact) mass is 367 g/mol. The second-order valence-electron chi connectivity index (χ2n) is 6.26. The molecule has 1 atom stereocenters. The largest absolute Gasteiger partial charge is 0.493 e. The number of aromatic nitrogens is 2. The number of methoxy groups -OCH3 is 2. The van der Waals surface area contributed by atoms with Gasteiger partial charge < -0.3 is 14.8 Å². The summed E-state index contributed by atoms with van der Waals surface area (Å²) in [5, 5.41) is 7.24. The van der Waals surface area contributed by atoms with Gasteiger partial charge in [0.1, 0.15) is 11.6 Å². The molecule has 0 saturated heterocycles. The molecule has 1 aromatic heterocycles. The second-order valence-corrected chi connectivity index (χ2v) is 6.26. The summed E-state index contributed by atoms with van der Waals surface area (Å²) in [5.41, 5.74) is 2.33. The van der Waals surface area contributed by atoms with Crippen molar-refractivity contribution in [2.45, 2.75) is 12.3 Å². The smallest absolute Gasteiger partial charge is 0.226 e. The van der Waals surface area contributed by atoms with E-state index < -0.39 is 0 Å². The molecule has 1 N–H and O–H groups in total. The van der Waals surface area contributed by atoms with Gasteiger partial charge in [0.05, 0.1) is 26.1 Å². The second kappa shape index (κ2) is 6.75. The molecule has 1 unspecified atom stereocenters. The van der Waals surface area contributed by atoms with Crippen LogP contribution < -0.4 is 14.8 Å². The number of fused-ring (bicyclic) bond motifs is 1. The van der Waals surface area contributed by atoms with Gasteiger partial charge in [0.15, 0.2) is 11.5 Å². The molecule has 1 amide bonds. The van der Waals surface area contributed by atoms with Gasteiger partial charge in [-0.1, -0.05) is 12.1 Å². The van der Waals surface area contributed by atoms with Crippen LogP contribution in [0.4, 0.5) is 10.2 Å². The minimum Gasteiger partial charge on any atom is -0.493 e. The van der Waals surface area contributed by atoms with Crippen molar-refractivity contribution in [3.63, 3.8) is 0 Å². The van der Waals surface area contributed by atoms with Crippen LogP contribution in [-0.2, 0) is 4.79 Å². The van der Waals surface area contributed by atoms with Crippen LogP contribution in [0.2, 0.25) is 0 Å². The number of carbonyl (C=O) groups excluding carboxylic acids is 1. The van der Waals surface area contributed by atoms with E-state index >= 15 is 0 Å². The zero-order valence-corrected chi connectivity index (χ0v) is 14.9. The number of halogens is 1. The molecular weight excluding hydrogens is 349 g/mol. The average molecular weight is 367 g/mol. The Kier molecular flexibility index (Phi) is 4.27. The molecule has 0 bridgehead atoms. The molecule has 7 heteroatoms. The first-order valence-corrected chi connectivity index (χ1v) is 8.46. The third-order valence-corrected chi connectivity index (χ3v) is 4.68. The van der Waals surface area contributed by atoms with Crippen molar-refractivity contribution in [2.75, 3.05) is 19.5 Å². The Balaban J connectivity index is 1.80. The predicted octanol–water partition coefficient (Wildman–Crippen LogP) is 3.50. The van der Waals surface area contributed by atoms with Gasteiger partial charge in [0, 0.05) is 17.9 Å². The third kappa shape index (κ3) is 3.01. The molecule has 2 aromatic carbocycles. The average Bonchev–Trinajstić information content (AvgIpc) is 3.10. The molecular formula is C20H18FN3O3. The number of amides is 1. The Hall–Kier alpha value is -3.35. The molecule has 1 aliphatic rings. The van der Waals surface area contributed by atoms with Crippen LogP contribution in [0.15, 0.2) is 48.7 Å². The maximum absolute atomic E-state index is 13.6. The maximum Gasteiger partial charge on any atom is 0.226 e. The third-order valence-electron chi connectivity index (χ3n) is 4.68. The van der Waals surface area contributed by atoms with Gasteiger partial charge in [-0.3, -0.25) is 4.79 Å². The molecule has 0 saturated carbocycles. The molecule has 0 spiro atoms. The number of hydrogen-bond acceptors (Lipinski definition) is 4. The van der Waals surface area contributed by atoms with Crippen LogP contribution in [0.25, 0.3) is 5.69 Å². The summed E-state index contributed by atoms with van der Waals surface area (Å²) < 4.78 is 25.8. The number of rotatable bonds is 4. The lowest BCUT2D eigenvalue weighted by atomic mass is 9.87. The van der Waals surface area contributed by atoms with E-state index in [2.05, 4.69) is 10.4 Å². The van der Waals surface area contributed by atoms with Crippen molar-refractivity contribution in [3.05, 3.63) is 65.6 Å². The molecule has 0 radical (unpaired) electrons. The maximum atomic E-state index is 13.6. The highest BCUT2D eigenvalue weighted by Crippen LogP contribution is 2.40. The highest BCUT2D eigenvalue weighted by atomic mass is 19.1. The van der Waals surface area contributed by atoms with Crippen molar-refractivity contribution >= 4 is 11.7 Å². The predicted molar refractivity (Wildman–Crippen MR) is 98.2 cm³/mol. The fourth-order valence-corrected chi connectivity index (χ4v) is 3.39. The fourth-order valence-electron chi connectivity index (χ4n) is 3.39. The topological polar surface area (TPSA) is 65.4 Å². The highest BCUT2D eigenvalue weighted by Gasteiger charge is 2.31. The van der Waals surface area contributed by atoms with E-state index in [1.165, 1.54) is 12.1 Å². The van der Waals surface area contributed by atoms with Crippen LogP contribution in [0.5, 0.6) is 11.5 Å². The van der Waals surface area contributed by atoms with Crippen molar-refractivity contribution in [2.24, 2.45) is 0 Å². The van der Waals surface area contributed by atoms with Gasteiger partial charge in [0.25, 0.3) is 0 Å². The number of nitrogens with zero attached hydrogens (tertiary/aromatic N) is 2. The Morgan fingerprint density at radius 3 is 2.70 bits per heavy atom. The number of anilines is 1. The van der Waals surface area contributed by atoms with Crippen molar-refractivity contribution in [1.29, 1.82) is 0 Å². The lowest BCUT2D eigenvalue weighted by Gasteiger charge is -2.24. The summed E-state index contributed by atoms with van der Waals surface area (Å²) in [5.74, 6) is 1.10. The summed E-state index contributed by atoms with van der Waals surface area (Å²) in [6.07, 6.45) is 2.00. The minimum atomic E-state index is -0.365. The van der Waals surface area contributed by atoms with E-state index in [0.29, 0.717) is 23.0 Å². The van der Waals surface area contributed by atoms with E-state index in [4.69, 9.17) is 9.47 Å². The Morgan fingerprint density at radius 1 is 1.15 bits per heavy atom. The molecule has 27 heavy (non-hydrogen) atoms. The molecule has 0 fully saturated rings. The summed E-state index contributed by atoms with van der Waals surface area (Å²) in [4.78, 5) is 12.4. The first-order chi connectivity index (χ1) is 13.1. The van der Waals surface area contributed by atoms with Crippen molar-refractivity contribution in [3.8, 4) is 17.2 Å². The zero-order valence-electron chi connectivity index (χ0n) is 14.9. The van der Waals surface area contributed by atoms with Crippen molar-refractivity contribution in [1.82, 2.24) is 9.78 Å². The summed E-state index contributed by atoms with van der Waals surface area (Å²) >= 11 is 0. The van der Waals surface area contributed by atoms with E-state index in [1.807, 2.05) is 18.2 Å². The number of nitrogens with one attached hydrogen (secondary N) is 1. The van der Waals surface area contributed by atoms with Crippen LogP contribution in [0, 0.1) is 5.82 Å². The van der Waals surface area contributed by atoms with Crippen LogP contribution in [-0.4, -0.2) is 29.9 Å². The van der Waals surface area contributed by atoms with E-state index in [-0.39, 0.29) is 24.1 Å².